The van der Waals surface area contributed by atoms with Crippen LogP contribution in [0.15, 0.2) is 9.98 Å². The second-order valence-electron chi connectivity index (χ2n) is 2.38. The molecule has 4 heteroatoms. The van der Waals surface area contributed by atoms with Crippen LogP contribution in [0.5, 0.6) is 0 Å². The molecule has 0 aromatic rings. The Morgan fingerprint density at radius 2 is 1.91 bits per heavy atom. The summed E-state index contributed by atoms with van der Waals surface area (Å²) in [6.45, 7) is 0. The highest BCUT2D eigenvalue weighted by molar-refractivity contribution is 5.40. The van der Waals surface area contributed by atoms with E-state index in [9.17, 15) is 9.59 Å². The number of nitrogens with zero attached hydrogens (tertiary/aromatic N) is 2. The van der Waals surface area contributed by atoms with Gasteiger partial charge in [-0.3, -0.25) is 0 Å². The summed E-state index contributed by atoms with van der Waals surface area (Å²) in [5.41, 5.74) is -0.927. The van der Waals surface area contributed by atoms with Gasteiger partial charge in [0.05, 0.1) is 0 Å². The summed E-state index contributed by atoms with van der Waals surface area (Å²) in [5.74, 6) is 0. The van der Waals surface area contributed by atoms with E-state index in [0.29, 0.717) is 6.42 Å². The molecule has 1 aliphatic carbocycles. The Morgan fingerprint density at radius 3 is 2.27 bits per heavy atom. The maximum atomic E-state index is 9.94. The molecule has 0 aliphatic heterocycles. The molecule has 4 nitrogen and oxygen atoms in total. The fraction of sp³-hybridized carbons (Fsp3) is 0.571. The fourth-order valence-electron chi connectivity index (χ4n) is 1.18. The maximum absolute atomic E-state index is 9.94. The number of isocyanates is 2. The lowest BCUT2D eigenvalue weighted by atomic mass is 10.1. The predicted molar refractivity (Wildman–Crippen MR) is 37.1 cm³/mol. The van der Waals surface area contributed by atoms with E-state index < -0.39 is 5.66 Å². The van der Waals surface area contributed by atoms with Crippen LogP contribution in [0.25, 0.3) is 0 Å². The van der Waals surface area contributed by atoms with Gasteiger partial charge in [-0.15, -0.1) is 0 Å². The van der Waals surface area contributed by atoms with Gasteiger partial charge in [0.1, 0.15) is 0 Å². The molecule has 0 bridgehead atoms. The molecule has 11 heavy (non-hydrogen) atoms. The van der Waals surface area contributed by atoms with Crippen molar-refractivity contribution in [2.75, 3.05) is 0 Å². The van der Waals surface area contributed by atoms with E-state index in [-0.39, 0.29) is 0 Å². The van der Waals surface area contributed by atoms with Crippen molar-refractivity contribution in [2.24, 2.45) is 9.98 Å². The standard InChI is InChI=1S/C7H7N2O2/c10-5-8-7(9-6-11)3-1-2-4-7/h3H,1-2,4H2. The van der Waals surface area contributed by atoms with Gasteiger partial charge in [0, 0.05) is 6.42 Å². The number of aliphatic imine (C=N–C) groups is 2. The van der Waals surface area contributed by atoms with Crippen LogP contribution in [0.3, 0.4) is 0 Å². The lowest BCUT2D eigenvalue weighted by molar-refractivity contribution is 0.500. The molecule has 0 heterocycles. The summed E-state index contributed by atoms with van der Waals surface area (Å²) < 4.78 is 0. The summed E-state index contributed by atoms with van der Waals surface area (Å²) >= 11 is 0. The summed E-state index contributed by atoms with van der Waals surface area (Å²) in [5, 5.41) is 0. The first-order valence-corrected chi connectivity index (χ1v) is 3.35. The number of carbonyl (C=O) groups excluding carboxylic acids is 2. The zero-order valence-corrected chi connectivity index (χ0v) is 5.91. The van der Waals surface area contributed by atoms with E-state index in [4.69, 9.17) is 0 Å². The van der Waals surface area contributed by atoms with Gasteiger partial charge in [0.2, 0.25) is 12.2 Å². The largest absolute Gasteiger partial charge is 0.237 e. The zero-order chi connectivity index (χ0) is 8.16. The Hall–Kier alpha value is -1.24. The number of hydrogen-bond donors (Lipinski definition) is 0. The normalized spacial score (nSPS) is 20.0. The van der Waals surface area contributed by atoms with Gasteiger partial charge in [0.25, 0.3) is 0 Å². The van der Waals surface area contributed by atoms with Crippen molar-refractivity contribution in [3.8, 4) is 0 Å². The molecule has 0 aromatic carbocycles. The van der Waals surface area contributed by atoms with Gasteiger partial charge < -0.3 is 0 Å². The quantitative estimate of drug-likeness (QED) is 0.431. The van der Waals surface area contributed by atoms with Gasteiger partial charge in [0.15, 0.2) is 5.66 Å². The van der Waals surface area contributed by atoms with Crippen molar-refractivity contribution in [1.29, 1.82) is 0 Å². The first-order chi connectivity index (χ1) is 5.33. The Labute approximate surface area is 64.0 Å². The first kappa shape index (κ1) is 7.86. The van der Waals surface area contributed by atoms with Crippen molar-refractivity contribution in [1.82, 2.24) is 0 Å². The average Bonchev–Trinajstić information content (AvgIpc) is 2.39. The van der Waals surface area contributed by atoms with Crippen molar-refractivity contribution >= 4 is 12.2 Å². The molecule has 0 atom stereocenters. The minimum atomic E-state index is -0.927. The van der Waals surface area contributed by atoms with E-state index in [1.54, 1.807) is 6.42 Å². The fourth-order valence-corrected chi connectivity index (χ4v) is 1.18. The minimum Gasteiger partial charge on any atom is -0.211 e. The van der Waals surface area contributed by atoms with E-state index >= 15 is 0 Å². The molecule has 0 spiro atoms. The van der Waals surface area contributed by atoms with Crippen molar-refractivity contribution < 1.29 is 9.59 Å². The minimum absolute atomic E-state index is 0.609. The smallest absolute Gasteiger partial charge is 0.211 e. The first-order valence-electron chi connectivity index (χ1n) is 3.35. The van der Waals surface area contributed by atoms with Gasteiger partial charge in [-0.1, -0.05) is 0 Å². The van der Waals surface area contributed by atoms with Gasteiger partial charge >= 0.3 is 0 Å². The maximum Gasteiger partial charge on any atom is 0.237 e. The third-order valence-electron chi connectivity index (χ3n) is 1.70. The summed E-state index contributed by atoms with van der Waals surface area (Å²) in [6, 6.07) is 0. The van der Waals surface area contributed by atoms with E-state index in [1.165, 1.54) is 12.2 Å². The molecule has 0 unspecified atom stereocenters. The van der Waals surface area contributed by atoms with Crippen LogP contribution in [0.1, 0.15) is 19.3 Å². The SMILES string of the molecule is O=C=NC1(N=C=O)[CH]CCC1. The highest BCUT2D eigenvalue weighted by atomic mass is 16.1. The highest BCUT2D eigenvalue weighted by Gasteiger charge is 2.33. The van der Waals surface area contributed by atoms with Gasteiger partial charge in [-0.05, 0) is 19.3 Å². The topological polar surface area (TPSA) is 58.9 Å². The summed E-state index contributed by atoms with van der Waals surface area (Å²) in [7, 11) is 0. The molecule has 1 radical (unpaired) electrons. The predicted octanol–water partition coefficient (Wildman–Crippen LogP) is 0.742. The Morgan fingerprint density at radius 1 is 1.27 bits per heavy atom. The second kappa shape index (κ2) is 3.24. The van der Waals surface area contributed by atoms with Crippen molar-refractivity contribution in [3.05, 3.63) is 6.42 Å². The molecule has 57 valence electrons. The zero-order valence-electron chi connectivity index (χ0n) is 5.91. The Bertz CT molecular complexity index is 211. The molecule has 1 saturated carbocycles. The molecule has 0 saturated heterocycles. The lowest BCUT2D eigenvalue weighted by Crippen LogP contribution is -2.18. The van der Waals surface area contributed by atoms with Crippen LogP contribution in [0.2, 0.25) is 0 Å². The van der Waals surface area contributed by atoms with Crippen LogP contribution in [0, 0.1) is 6.42 Å². The van der Waals surface area contributed by atoms with E-state index in [0.717, 1.165) is 12.8 Å². The molecular weight excluding hydrogens is 144 g/mol. The van der Waals surface area contributed by atoms with Crippen LogP contribution >= 0.6 is 0 Å². The average molecular weight is 151 g/mol. The van der Waals surface area contributed by atoms with Gasteiger partial charge in [-0.2, -0.15) is 9.98 Å². The third-order valence-corrected chi connectivity index (χ3v) is 1.70. The Kier molecular flexibility index (Phi) is 2.32. The summed E-state index contributed by atoms with van der Waals surface area (Å²) in [6.07, 6.45) is 6.89. The third kappa shape index (κ3) is 1.61. The molecule has 0 aromatic heterocycles. The van der Waals surface area contributed by atoms with E-state index in [2.05, 4.69) is 9.98 Å². The van der Waals surface area contributed by atoms with E-state index in [1.807, 2.05) is 0 Å². The molecule has 0 amide bonds. The van der Waals surface area contributed by atoms with Crippen LogP contribution in [-0.4, -0.2) is 17.8 Å². The highest BCUT2D eigenvalue weighted by Crippen LogP contribution is 2.32. The molecule has 1 rings (SSSR count). The molecule has 1 fully saturated rings. The van der Waals surface area contributed by atoms with Crippen molar-refractivity contribution in [2.45, 2.75) is 24.9 Å². The second-order valence-corrected chi connectivity index (χ2v) is 2.38. The van der Waals surface area contributed by atoms with Crippen LogP contribution in [-0.2, 0) is 9.59 Å². The lowest BCUT2D eigenvalue weighted by Gasteiger charge is -2.11. The molecular formula is C7H7N2O2. The van der Waals surface area contributed by atoms with Gasteiger partial charge in [-0.25, -0.2) is 9.59 Å². The monoisotopic (exact) mass is 151 g/mol. The summed E-state index contributed by atoms with van der Waals surface area (Å²) in [4.78, 5) is 26.8. The number of rotatable bonds is 2. The number of hydrogen-bond acceptors (Lipinski definition) is 4. The van der Waals surface area contributed by atoms with Crippen LogP contribution in [0.4, 0.5) is 0 Å². The Balaban J connectivity index is 2.86. The molecule has 0 N–H and O–H groups in total. The van der Waals surface area contributed by atoms with Crippen molar-refractivity contribution in [3.63, 3.8) is 0 Å². The van der Waals surface area contributed by atoms with Crippen LogP contribution < -0.4 is 0 Å². The molecule has 1 aliphatic rings.